The molecule has 364 valence electrons. The smallest absolute Gasteiger partial charge is 0.471 e. The summed E-state index contributed by atoms with van der Waals surface area (Å²) in [5.41, 5.74) is 4.15. The highest BCUT2D eigenvalue weighted by molar-refractivity contribution is 6.31. The van der Waals surface area contributed by atoms with Crippen LogP contribution < -0.4 is 19.3 Å². The number of ether oxygens (including phenoxy) is 3. The number of pyridine rings is 1. The van der Waals surface area contributed by atoms with E-state index in [0.717, 1.165) is 93.8 Å². The van der Waals surface area contributed by atoms with Crippen LogP contribution in [0.1, 0.15) is 92.7 Å². The van der Waals surface area contributed by atoms with Gasteiger partial charge in [-0.3, -0.25) is 19.6 Å². The van der Waals surface area contributed by atoms with Gasteiger partial charge in [-0.1, -0.05) is 61.8 Å². The number of aromatic nitrogens is 3. The molecule has 0 bridgehead atoms. The van der Waals surface area contributed by atoms with Gasteiger partial charge in [-0.05, 0) is 140 Å². The van der Waals surface area contributed by atoms with Gasteiger partial charge in [0.15, 0.2) is 5.82 Å². The monoisotopic (exact) mass is 964 g/mol. The van der Waals surface area contributed by atoms with Gasteiger partial charge in [0.25, 0.3) is 0 Å². The molecule has 3 heterocycles. The molecule has 11 nitrogen and oxygen atoms in total. The number of amides is 1. The number of halogens is 4. The third-order valence-electron chi connectivity index (χ3n) is 15.3. The Balaban J connectivity index is 0.981. The fraction of sp³-hybridized carbons (Fsp3) is 0.463. The summed E-state index contributed by atoms with van der Waals surface area (Å²) in [7, 11) is 2.80. The van der Waals surface area contributed by atoms with Crippen LogP contribution in [0.4, 0.5) is 24.7 Å². The van der Waals surface area contributed by atoms with Crippen LogP contribution in [0.15, 0.2) is 91.3 Å². The number of benzene rings is 3. The van der Waals surface area contributed by atoms with E-state index in [1.54, 1.807) is 13.3 Å². The van der Waals surface area contributed by atoms with Gasteiger partial charge in [0.1, 0.15) is 22.9 Å². The predicted molar refractivity (Wildman–Crippen MR) is 260 cm³/mol. The molecule has 9 rings (SSSR count). The second-order valence-corrected chi connectivity index (χ2v) is 19.9. The second kappa shape index (κ2) is 19.9. The minimum atomic E-state index is -5.27. The topological polar surface area (TPSA) is 110 Å². The fourth-order valence-electron chi connectivity index (χ4n) is 11.9. The van der Waals surface area contributed by atoms with E-state index in [4.69, 9.17) is 30.8 Å². The Bertz CT molecular complexity index is 2670. The second-order valence-electron chi connectivity index (χ2n) is 19.5. The Kier molecular flexibility index (Phi) is 14.0. The number of carbonyl (C=O) groups excluding carboxylic acids is 2. The maximum Gasteiger partial charge on any atom is 0.471 e. The minimum Gasteiger partial charge on any atom is -0.496 e. The molecule has 2 aromatic heterocycles. The van der Waals surface area contributed by atoms with Gasteiger partial charge in [-0.15, -0.1) is 0 Å². The van der Waals surface area contributed by atoms with E-state index in [2.05, 4.69) is 51.8 Å². The number of piperazine rings is 1. The summed E-state index contributed by atoms with van der Waals surface area (Å²) in [6, 6.07) is 24.1. The van der Waals surface area contributed by atoms with Crippen molar-refractivity contribution in [2.24, 2.45) is 11.8 Å². The average molecular weight is 966 g/mol. The number of esters is 1. The predicted octanol–water partition coefficient (Wildman–Crippen LogP) is 10.6. The SMILES string of the molecule is COC(=O)C1(N(C(=O)C(F)(F)F)c2cccc(Cl)c2)CCC2(CC1)c1cc(CN3CCN(c4ccnc(-c5ccccc5OC)n4)CC3)ccc1C[C@@H]2C[C@@H](C)COc1ccnc2c1[C@H](C)CCC2. The number of alkyl halides is 3. The zero-order valence-electron chi connectivity index (χ0n) is 39.7. The number of rotatable bonds is 13. The lowest BCUT2D eigenvalue weighted by atomic mass is 9.59. The third-order valence-corrected chi connectivity index (χ3v) is 15.5. The van der Waals surface area contributed by atoms with Crippen LogP contribution in [-0.4, -0.2) is 90.4 Å². The van der Waals surface area contributed by atoms with Crippen LogP contribution in [0.25, 0.3) is 11.4 Å². The molecule has 5 aromatic rings. The van der Waals surface area contributed by atoms with Crippen LogP contribution in [0, 0.1) is 11.8 Å². The number of aryl methyl sites for hydroxylation is 1. The van der Waals surface area contributed by atoms with Crippen LogP contribution >= 0.6 is 11.6 Å². The molecule has 0 radical (unpaired) electrons. The number of hydrogen-bond acceptors (Lipinski definition) is 10. The van der Waals surface area contributed by atoms with E-state index in [1.807, 2.05) is 42.6 Å². The summed E-state index contributed by atoms with van der Waals surface area (Å²) in [5, 5.41) is 0.142. The van der Waals surface area contributed by atoms with E-state index in [1.165, 1.54) is 41.0 Å². The third kappa shape index (κ3) is 9.63. The van der Waals surface area contributed by atoms with Gasteiger partial charge in [-0.25, -0.2) is 14.8 Å². The zero-order chi connectivity index (χ0) is 48.5. The fourth-order valence-corrected chi connectivity index (χ4v) is 12.1. The molecule has 1 saturated carbocycles. The first-order chi connectivity index (χ1) is 33.2. The first-order valence-electron chi connectivity index (χ1n) is 24.1. The molecule has 0 unspecified atom stereocenters. The number of carbonyl (C=O) groups is 2. The quantitative estimate of drug-likeness (QED) is 0.106. The average Bonchev–Trinajstić information content (AvgIpc) is 3.64. The number of fused-ring (bicyclic) bond motifs is 3. The molecule has 1 saturated heterocycles. The number of anilines is 2. The molecule has 69 heavy (non-hydrogen) atoms. The molecular weight excluding hydrogens is 905 g/mol. The lowest BCUT2D eigenvalue weighted by molar-refractivity contribution is -0.174. The maximum atomic E-state index is 14.6. The number of nitrogens with zero attached hydrogens (tertiary/aromatic N) is 6. The molecular formula is C54H60ClF3N6O5. The number of hydrogen-bond donors (Lipinski definition) is 0. The van der Waals surface area contributed by atoms with Crippen molar-refractivity contribution < 1.29 is 37.0 Å². The Morgan fingerprint density at radius 1 is 0.913 bits per heavy atom. The molecule has 2 fully saturated rings. The molecule has 1 spiro atoms. The van der Waals surface area contributed by atoms with Crippen molar-refractivity contribution in [2.45, 2.75) is 101 Å². The number of para-hydroxylation sites is 1. The molecule has 3 atom stereocenters. The van der Waals surface area contributed by atoms with Crippen molar-refractivity contribution >= 4 is 35.0 Å². The summed E-state index contributed by atoms with van der Waals surface area (Å²) < 4.78 is 61.4. The Morgan fingerprint density at radius 3 is 2.42 bits per heavy atom. The van der Waals surface area contributed by atoms with Gasteiger partial charge in [-0.2, -0.15) is 13.2 Å². The van der Waals surface area contributed by atoms with Gasteiger partial charge in [0.05, 0.1) is 26.4 Å². The normalized spacial score (nSPS) is 22.9. The highest BCUT2D eigenvalue weighted by atomic mass is 35.5. The Morgan fingerprint density at radius 2 is 1.68 bits per heavy atom. The molecule has 1 amide bonds. The summed E-state index contributed by atoms with van der Waals surface area (Å²) >= 11 is 6.33. The summed E-state index contributed by atoms with van der Waals surface area (Å²) in [6.07, 6.45) is 3.73. The van der Waals surface area contributed by atoms with Gasteiger partial charge < -0.3 is 19.1 Å². The first kappa shape index (κ1) is 48.3. The molecule has 3 aromatic carbocycles. The highest BCUT2D eigenvalue weighted by Crippen LogP contribution is 2.58. The van der Waals surface area contributed by atoms with Crippen molar-refractivity contribution in [3.8, 4) is 22.9 Å². The van der Waals surface area contributed by atoms with Gasteiger partial charge in [0.2, 0.25) is 0 Å². The summed E-state index contributed by atoms with van der Waals surface area (Å²) in [5.74, 6) is 0.640. The standard InChI is InChI=1S/C54H60ClF3N6O5/c1-35(34-69-46-17-23-59-44-13-7-9-36(2)48(44)46)29-39-31-38-16-15-37(33-62-25-27-63(28-26-62)47-18-24-60-49(61-47)42-12-5-6-14-45(42)67-3)30-43(38)52(39)19-21-53(22-20-52,51(66)68-4)64(50(65)54(56,57)58)41-11-8-10-40(55)32-41/h5-6,8,10-12,14-18,23-24,30,32,35-36,39H,7,9,13,19-22,25-29,31,33-34H2,1-4H3/t35-,36-,39+,52?,53?/m1/s1. The minimum absolute atomic E-state index is 0.0378. The molecule has 1 aliphatic heterocycles. The molecule has 4 aliphatic rings. The summed E-state index contributed by atoms with van der Waals surface area (Å²) in [6.45, 7) is 8.81. The van der Waals surface area contributed by atoms with E-state index in [0.29, 0.717) is 48.4 Å². The Labute approximate surface area is 407 Å². The first-order valence-corrected chi connectivity index (χ1v) is 24.5. The van der Waals surface area contributed by atoms with Crippen molar-refractivity contribution in [3.63, 3.8) is 0 Å². The van der Waals surface area contributed by atoms with Crippen LogP contribution in [0.3, 0.4) is 0 Å². The highest BCUT2D eigenvalue weighted by Gasteiger charge is 2.60. The van der Waals surface area contributed by atoms with E-state index in [9.17, 15) is 22.8 Å². The largest absolute Gasteiger partial charge is 0.496 e. The molecule has 0 N–H and O–H groups in total. The van der Waals surface area contributed by atoms with E-state index < -0.39 is 29.0 Å². The lowest BCUT2D eigenvalue weighted by Crippen LogP contribution is -2.63. The number of methoxy groups -OCH3 is 2. The van der Waals surface area contributed by atoms with Crippen LogP contribution in [0.5, 0.6) is 11.5 Å². The van der Waals surface area contributed by atoms with E-state index >= 15 is 0 Å². The van der Waals surface area contributed by atoms with Crippen molar-refractivity contribution in [1.29, 1.82) is 0 Å². The lowest BCUT2D eigenvalue weighted by Gasteiger charge is -2.51. The summed E-state index contributed by atoms with van der Waals surface area (Å²) in [4.78, 5) is 47.1. The molecule has 15 heteroatoms. The van der Waals surface area contributed by atoms with Crippen molar-refractivity contribution in [3.05, 3.63) is 124 Å². The van der Waals surface area contributed by atoms with Crippen LogP contribution in [-0.2, 0) is 39.1 Å². The maximum absolute atomic E-state index is 14.6. The Hall–Kier alpha value is -5.73. The molecule has 3 aliphatic carbocycles. The van der Waals surface area contributed by atoms with Gasteiger partial charge >= 0.3 is 18.1 Å². The van der Waals surface area contributed by atoms with Gasteiger partial charge in [0, 0.05) is 67.1 Å². The zero-order valence-corrected chi connectivity index (χ0v) is 40.5. The van der Waals surface area contributed by atoms with Crippen LogP contribution in [0.2, 0.25) is 5.02 Å². The van der Waals surface area contributed by atoms with Crippen molar-refractivity contribution in [1.82, 2.24) is 19.9 Å². The van der Waals surface area contributed by atoms with Crippen molar-refractivity contribution in [2.75, 3.05) is 56.8 Å². The van der Waals surface area contributed by atoms with E-state index in [-0.39, 0.29) is 35.4 Å².